The number of carbonyl (C=O) groups excluding carboxylic acids is 1. The van der Waals surface area contributed by atoms with E-state index in [1.165, 1.54) is 7.11 Å². The molecular formula is C27H35N3O5S2. The summed E-state index contributed by atoms with van der Waals surface area (Å²) in [6.07, 6.45) is 2.76. The lowest BCUT2D eigenvalue weighted by molar-refractivity contribution is 0.0600. The van der Waals surface area contributed by atoms with Crippen molar-refractivity contribution < 1.29 is 22.7 Å². The van der Waals surface area contributed by atoms with Crippen LogP contribution < -0.4 is 0 Å². The van der Waals surface area contributed by atoms with E-state index in [-0.39, 0.29) is 10.9 Å². The van der Waals surface area contributed by atoms with Gasteiger partial charge in [0, 0.05) is 38.6 Å². The monoisotopic (exact) mass is 545 g/mol. The number of aryl methyl sites for hydroxylation is 1. The Kier molecular flexibility index (Phi) is 9.28. The van der Waals surface area contributed by atoms with Crippen LogP contribution in [0.25, 0.3) is 11.0 Å². The van der Waals surface area contributed by atoms with Crippen LogP contribution in [-0.4, -0.2) is 61.7 Å². The van der Waals surface area contributed by atoms with Gasteiger partial charge in [-0.3, -0.25) is 0 Å². The number of fused-ring (bicyclic) bond motifs is 1. The minimum absolute atomic E-state index is 0.287. The number of benzene rings is 2. The number of sulfonamides is 1. The van der Waals surface area contributed by atoms with E-state index in [2.05, 4.69) is 11.5 Å². The van der Waals surface area contributed by atoms with Gasteiger partial charge < -0.3 is 14.0 Å². The van der Waals surface area contributed by atoms with Crippen LogP contribution in [0.4, 0.5) is 0 Å². The van der Waals surface area contributed by atoms with E-state index in [1.807, 2.05) is 31.2 Å². The lowest BCUT2D eigenvalue weighted by Gasteiger charge is -2.30. The van der Waals surface area contributed by atoms with Gasteiger partial charge in [-0.15, -0.1) is 0 Å². The number of nitrogens with zero attached hydrogens (tertiary/aromatic N) is 3. The molecule has 2 heterocycles. The molecule has 200 valence electrons. The maximum atomic E-state index is 13.4. The van der Waals surface area contributed by atoms with E-state index in [0.29, 0.717) is 55.6 Å². The van der Waals surface area contributed by atoms with Gasteiger partial charge in [-0.1, -0.05) is 30.8 Å². The molecule has 0 radical (unpaired) electrons. The van der Waals surface area contributed by atoms with Crippen molar-refractivity contribution in [3.63, 3.8) is 0 Å². The zero-order chi connectivity index (χ0) is 26.4. The quantitative estimate of drug-likeness (QED) is 0.191. The first-order valence-electron chi connectivity index (χ1n) is 12.7. The van der Waals surface area contributed by atoms with Gasteiger partial charge in [-0.05, 0) is 68.0 Å². The largest absolute Gasteiger partial charge is 0.465 e. The maximum absolute atomic E-state index is 13.4. The molecule has 10 heteroatoms. The van der Waals surface area contributed by atoms with Crippen molar-refractivity contribution in [1.29, 1.82) is 0 Å². The second kappa shape index (κ2) is 12.4. The summed E-state index contributed by atoms with van der Waals surface area (Å²) < 4.78 is 40.8. The molecule has 1 saturated heterocycles. The van der Waals surface area contributed by atoms with Gasteiger partial charge in [0.25, 0.3) is 0 Å². The van der Waals surface area contributed by atoms with Gasteiger partial charge in [0.2, 0.25) is 10.0 Å². The first kappa shape index (κ1) is 27.6. The van der Waals surface area contributed by atoms with Crippen molar-refractivity contribution >= 4 is 38.8 Å². The molecule has 0 saturated carbocycles. The molecular weight excluding hydrogens is 510 g/mol. The molecule has 8 nitrogen and oxygen atoms in total. The standard InChI is InChI=1S/C27H35N3O5S2/c1-4-35-15-7-14-30-25-12-11-23(37(32,33)29-13-6-8-20(2)18-29)17-24(25)28-27(30)36-19-21-9-5-10-22(16-21)26(31)34-3/h5,9-12,16-17,20H,4,6-8,13-15,18-19H2,1-3H3/t20-/m1/s1. The summed E-state index contributed by atoms with van der Waals surface area (Å²) >= 11 is 1.56. The van der Waals surface area contributed by atoms with E-state index >= 15 is 0 Å². The van der Waals surface area contributed by atoms with Gasteiger partial charge in [0.1, 0.15) is 0 Å². The van der Waals surface area contributed by atoms with Crippen LogP contribution in [0, 0.1) is 5.92 Å². The molecule has 3 aromatic rings. The van der Waals surface area contributed by atoms with Crippen LogP contribution in [0.15, 0.2) is 52.5 Å². The molecule has 0 bridgehead atoms. The lowest BCUT2D eigenvalue weighted by Crippen LogP contribution is -2.39. The third-order valence-corrected chi connectivity index (χ3v) is 9.44. The van der Waals surface area contributed by atoms with E-state index in [9.17, 15) is 13.2 Å². The highest BCUT2D eigenvalue weighted by molar-refractivity contribution is 7.98. The number of hydrogen-bond donors (Lipinski definition) is 0. The highest BCUT2D eigenvalue weighted by Gasteiger charge is 2.29. The third kappa shape index (κ3) is 6.54. The number of piperidine rings is 1. The summed E-state index contributed by atoms with van der Waals surface area (Å²) in [7, 11) is -2.20. The normalized spacial score (nSPS) is 16.8. The van der Waals surface area contributed by atoms with Gasteiger partial charge in [-0.2, -0.15) is 4.31 Å². The first-order valence-corrected chi connectivity index (χ1v) is 15.1. The van der Waals surface area contributed by atoms with Crippen molar-refractivity contribution in [2.24, 2.45) is 5.92 Å². The number of esters is 1. The van der Waals surface area contributed by atoms with Crippen molar-refractivity contribution in [3.05, 3.63) is 53.6 Å². The molecule has 1 aromatic heterocycles. The molecule has 1 aliphatic rings. The summed E-state index contributed by atoms with van der Waals surface area (Å²) in [4.78, 5) is 17.1. The number of aromatic nitrogens is 2. The molecule has 0 unspecified atom stereocenters. The fourth-order valence-corrected chi connectivity index (χ4v) is 7.21. The zero-order valence-corrected chi connectivity index (χ0v) is 23.3. The van der Waals surface area contributed by atoms with Crippen LogP contribution in [-0.2, 0) is 31.8 Å². The number of methoxy groups -OCH3 is 1. The van der Waals surface area contributed by atoms with Crippen molar-refractivity contribution in [2.45, 2.75) is 55.5 Å². The Bertz CT molecular complexity index is 1340. The van der Waals surface area contributed by atoms with Crippen LogP contribution in [0.1, 0.15) is 49.0 Å². The van der Waals surface area contributed by atoms with E-state index < -0.39 is 10.0 Å². The van der Waals surface area contributed by atoms with E-state index in [0.717, 1.165) is 35.5 Å². The number of ether oxygens (including phenoxy) is 2. The van der Waals surface area contributed by atoms with E-state index in [1.54, 1.807) is 34.3 Å². The minimum Gasteiger partial charge on any atom is -0.465 e. The molecule has 1 fully saturated rings. The fraction of sp³-hybridized carbons (Fsp3) is 0.481. The lowest BCUT2D eigenvalue weighted by atomic mass is 10.0. The Labute approximate surface area is 223 Å². The summed E-state index contributed by atoms with van der Waals surface area (Å²) in [5.41, 5.74) is 3.04. The average Bonchev–Trinajstić information content (AvgIpc) is 3.26. The van der Waals surface area contributed by atoms with Crippen molar-refractivity contribution in [3.8, 4) is 0 Å². The number of thioether (sulfide) groups is 1. The third-order valence-electron chi connectivity index (χ3n) is 6.53. The molecule has 37 heavy (non-hydrogen) atoms. The van der Waals surface area contributed by atoms with Crippen molar-refractivity contribution in [2.75, 3.05) is 33.4 Å². The summed E-state index contributed by atoms with van der Waals surface area (Å²) in [6, 6.07) is 12.6. The molecule has 2 aromatic carbocycles. The minimum atomic E-state index is -3.57. The Balaban J connectivity index is 1.62. The van der Waals surface area contributed by atoms with Crippen LogP contribution in [0.3, 0.4) is 0 Å². The fourth-order valence-electron chi connectivity index (χ4n) is 4.61. The molecule has 1 aliphatic heterocycles. The van der Waals surface area contributed by atoms with Gasteiger partial charge in [0.15, 0.2) is 5.16 Å². The highest BCUT2D eigenvalue weighted by atomic mass is 32.2. The first-order chi connectivity index (χ1) is 17.8. The average molecular weight is 546 g/mol. The number of carbonyl (C=O) groups is 1. The van der Waals surface area contributed by atoms with Crippen LogP contribution in [0.5, 0.6) is 0 Å². The highest BCUT2D eigenvalue weighted by Crippen LogP contribution is 2.30. The molecule has 0 aliphatic carbocycles. The Hall–Kier alpha value is -2.40. The zero-order valence-electron chi connectivity index (χ0n) is 21.7. The van der Waals surface area contributed by atoms with Crippen molar-refractivity contribution in [1.82, 2.24) is 13.9 Å². The second-order valence-corrected chi connectivity index (χ2v) is 12.2. The van der Waals surface area contributed by atoms with Gasteiger partial charge in [-0.25, -0.2) is 18.2 Å². The number of rotatable bonds is 11. The predicted molar refractivity (Wildman–Crippen MR) is 145 cm³/mol. The topological polar surface area (TPSA) is 90.7 Å². The summed E-state index contributed by atoms with van der Waals surface area (Å²) in [5, 5.41) is 0.802. The molecule has 0 N–H and O–H groups in total. The Morgan fingerprint density at radius 3 is 2.81 bits per heavy atom. The number of imidazole rings is 1. The molecule has 4 rings (SSSR count). The number of hydrogen-bond acceptors (Lipinski definition) is 7. The van der Waals surface area contributed by atoms with Crippen LogP contribution in [0.2, 0.25) is 0 Å². The molecule has 0 spiro atoms. The molecule has 0 amide bonds. The van der Waals surface area contributed by atoms with E-state index in [4.69, 9.17) is 14.5 Å². The van der Waals surface area contributed by atoms with Gasteiger partial charge >= 0.3 is 5.97 Å². The summed E-state index contributed by atoms with van der Waals surface area (Å²) in [5.74, 6) is 0.598. The second-order valence-electron chi connectivity index (χ2n) is 9.34. The summed E-state index contributed by atoms with van der Waals surface area (Å²) in [6.45, 7) is 7.19. The van der Waals surface area contributed by atoms with Crippen LogP contribution >= 0.6 is 11.8 Å². The van der Waals surface area contributed by atoms with Gasteiger partial charge in [0.05, 0.1) is 28.6 Å². The SMILES string of the molecule is CCOCCCn1c(SCc2cccc(C(=O)OC)c2)nc2cc(S(=O)(=O)N3CCC[C@@H](C)C3)ccc21. The maximum Gasteiger partial charge on any atom is 0.337 e. The smallest absolute Gasteiger partial charge is 0.337 e. The Morgan fingerprint density at radius 1 is 1.22 bits per heavy atom. The predicted octanol–water partition coefficient (Wildman–Crippen LogP) is 4.96. The molecule has 1 atom stereocenters. The Morgan fingerprint density at radius 2 is 2.05 bits per heavy atom.